The second-order valence-corrected chi connectivity index (χ2v) is 8.40. The van der Waals surface area contributed by atoms with Crippen LogP contribution in [0.3, 0.4) is 0 Å². The highest BCUT2D eigenvalue weighted by Crippen LogP contribution is 2.45. The maximum atomic E-state index is 13.3. The zero-order valence-electron chi connectivity index (χ0n) is 18.5. The van der Waals surface area contributed by atoms with Crippen molar-refractivity contribution in [2.45, 2.75) is 32.8 Å². The van der Waals surface area contributed by atoms with E-state index in [4.69, 9.17) is 25.8 Å². The lowest BCUT2D eigenvalue weighted by atomic mass is 9.79. The number of esters is 2. The van der Waals surface area contributed by atoms with Crippen molar-refractivity contribution in [2.75, 3.05) is 20.8 Å². The Balaban J connectivity index is 2.33. The predicted octanol–water partition coefficient (Wildman–Crippen LogP) is 4.44. The number of hydrogen-bond acceptors (Lipinski definition) is 8. The summed E-state index contributed by atoms with van der Waals surface area (Å²) < 4.78 is 16.2. The van der Waals surface area contributed by atoms with Gasteiger partial charge in [0.1, 0.15) is 11.1 Å². The number of carbonyl (C=O) groups excluding carboxylic acids is 2. The van der Waals surface area contributed by atoms with E-state index < -0.39 is 24.0 Å². The number of carbonyl (C=O) groups is 2. The first kappa shape index (κ1) is 24.0. The molecule has 0 aliphatic carbocycles. The summed E-state index contributed by atoms with van der Waals surface area (Å²) in [6.45, 7) is 5.51. The van der Waals surface area contributed by atoms with Crippen LogP contribution in [0.15, 0.2) is 52.2 Å². The lowest BCUT2D eigenvalue weighted by Gasteiger charge is -2.33. The van der Waals surface area contributed by atoms with Crippen LogP contribution in [0.5, 0.6) is 0 Å². The molecule has 0 bridgehead atoms. The third-order valence-electron chi connectivity index (χ3n) is 5.07. The number of methoxy groups -OCH3 is 2. The van der Waals surface area contributed by atoms with E-state index in [1.165, 1.54) is 25.6 Å². The fourth-order valence-electron chi connectivity index (χ4n) is 3.73. The molecule has 7 nitrogen and oxygen atoms in total. The van der Waals surface area contributed by atoms with E-state index in [0.29, 0.717) is 27.0 Å². The molecular weight excluding hydrogens is 452 g/mol. The number of aryl methyl sites for hydroxylation is 1. The number of allylic oxidation sites excluding steroid dienone is 1. The number of thiazole rings is 1. The normalized spacial score (nSPS) is 17.1. The first-order valence-electron chi connectivity index (χ1n) is 10.00. The Hall–Kier alpha value is -2.68. The Kier molecular flexibility index (Phi) is 7.71. The van der Waals surface area contributed by atoms with E-state index in [1.807, 2.05) is 12.3 Å². The Morgan fingerprint density at radius 1 is 1.19 bits per heavy atom. The highest BCUT2D eigenvalue weighted by Gasteiger charge is 2.42. The van der Waals surface area contributed by atoms with Gasteiger partial charge in [0.05, 0.1) is 36.5 Å². The molecule has 2 aromatic rings. The van der Waals surface area contributed by atoms with Crippen LogP contribution in [0.4, 0.5) is 0 Å². The third-order valence-corrected chi connectivity index (χ3v) is 6.42. The Bertz CT molecular complexity index is 1090. The van der Waals surface area contributed by atoms with Gasteiger partial charge >= 0.3 is 11.9 Å². The van der Waals surface area contributed by atoms with Gasteiger partial charge in [-0.2, -0.15) is 0 Å². The molecule has 1 aliphatic heterocycles. The zero-order chi connectivity index (χ0) is 23.4. The molecule has 0 saturated carbocycles. The molecule has 32 heavy (non-hydrogen) atoms. The SMILES string of the molecule is CCOC(=O)C1=C(C(OC)c2nc(C)cs2)NC(C)=C(C(=O)OC)C1c1ccccc1Cl. The van der Waals surface area contributed by atoms with Crippen LogP contribution in [0.2, 0.25) is 5.02 Å². The molecule has 1 aromatic carbocycles. The summed E-state index contributed by atoms with van der Waals surface area (Å²) in [7, 11) is 2.84. The number of nitrogens with one attached hydrogen (secondary N) is 1. The second-order valence-electron chi connectivity index (χ2n) is 7.10. The molecule has 2 heterocycles. The minimum Gasteiger partial charge on any atom is -0.466 e. The molecule has 2 atom stereocenters. The largest absolute Gasteiger partial charge is 0.466 e. The standard InChI is InChI=1S/C23H25ClN2O5S/c1-6-31-23(28)18-17(14-9-7-8-10-15(14)24)16(22(27)30-5)13(3)26-19(18)20(29-4)21-25-12(2)11-32-21/h7-11,17,20,26H,6H2,1-5H3. The predicted molar refractivity (Wildman–Crippen MR) is 122 cm³/mol. The fourth-order valence-corrected chi connectivity index (χ4v) is 4.86. The lowest BCUT2D eigenvalue weighted by Crippen LogP contribution is -2.35. The van der Waals surface area contributed by atoms with E-state index >= 15 is 0 Å². The molecule has 1 aromatic heterocycles. The lowest BCUT2D eigenvalue weighted by molar-refractivity contribution is -0.139. The quantitative estimate of drug-likeness (QED) is 0.591. The Morgan fingerprint density at radius 2 is 1.91 bits per heavy atom. The molecule has 0 fully saturated rings. The number of dihydropyridines is 1. The minimum absolute atomic E-state index is 0.162. The first-order chi connectivity index (χ1) is 15.3. The van der Waals surface area contributed by atoms with Crippen LogP contribution < -0.4 is 5.32 Å². The Labute approximate surface area is 196 Å². The summed E-state index contributed by atoms with van der Waals surface area (Å²) in [5.74, 6) is -1.96. The van der Waals surface area contributed by atoms with Gasteiger partial charge in [-0.15, -0.1) is 11.3 Å². The van der Waals surface area contributed by atoms with Gasteiger partial charge in [-0.25, -0.2) is 14.6 Å². The maximum absolute atomic E-state index is 13.3. The molecule has 1 aliphatic rings. The van der Waals surface area contributed by atoms with E-state index in [-0.39, 0.29) is 17.8 Å². The van der Waals surface area contributed by atoms with Crippen molar-refractivity contribution in [1.82, 2.24) is 10.3 Å². The summed E-state index contributed by atoms with van der Waals surface area (Å²) in [6, 6.07) is 7.07. The highest BCUT2D eigenvalue weighted by molar-refractivity contribution is 7.09. The number of aromatic nitrogens is 1. The first-order valence-corrected chi connectivity index (χ1v) is 11.3. The van der Waals surface area contributed by atoms with Gasteiger partial charge in [0.25, 0.3) is 0 Å². The second kappa shape index (κ2) is 10.3. The molecule has 1 N–H and O–H groups in total. The van der Waals surface area contributed by atoms with Gasteiger partial charge in [0.15, 0.2) is 0 Å². The molecular formula is C23H25ClN2O5S. The van der Waals surface area contributed by atoms with Crippen LogP contribution in [0.25, 0.3) is 0 Å². The summed E-state index contributed by atoms with van der Waals surface area (Å²) in [4.78, 5) is 30.7. The van der Waals surface area contributed by atoms with Crippen LogP contribution in [-0.2, 0) is 23.8 Å². The van der Waals surface area contributed by atoms with Crippen molar-refractivity contribution in [3.63, 3.8) is 0 Å². The molecule has 0 amide bonds. The molecule has 0 spiro atoms. The minimum atomic E-state index is -0.815. The van der Waals surface area contributed by atoms with Crippen LogP contribution in [0, 0.1) is 6.92 Å². The number of halogens is 1. The third kappa shape index (κ3) is 4.57. The topological polar surface area (TPSA) is 86.8 Å². The number of rotatable bonds is 7. The summed E-state index contributed by atoms with van der Waals surface area (Å²) in [5, 5.41) is 6.19. The average Bonchev–Trinajstić information content (AvgIpc) is 3.19. The molecule has 0 radical (unpaired) electrons. The maximum Gasteiger partial charge on any atom is 0.336 e. The van der Waals surface area contributed by atoms with E-state index in [9.17, 15) is 9.59 Å². The molecule has 0 saturated heterocycles. The highest BCUT2D eigenvalue weighted by atomic mass is 35.5. The van der Waals surface area contributed by atoms with Crippen molar-refractivity contribution in [2.24, 2.45) is 0 Å². The van der Waals surface area contributed by atoms with Crippen LogP contribution in [0.1, 0.15) is 42.1 Å². The molecule has 9 heteroatoms. The van der Waals surface area contributed by atoms with E-state index in [1.54, 1.807) is 38.1 Å². The number of nitrogens with zero attached hydrogens (tertiary/aromatic N) is 1. The van der Waals surface area contributed by atoms with E-state index in [0.717, 1.165) is 5.69 Å². The Morgan fingerprint density at radius 3 is 2.47 bits per heavy atom. The van der Waals surface area contributed by atoms with Crippen LogP contribution >= 0.6 is 22.9 Å². The summed E-state index contributed by atoms with van der Waals surface area (Å²) >= 11 is 7.96. The van der Waals surface area contributed by atoms with Crippen molar-refractivity contribution in [3.8, 4) is 0 Å². The van der Waals surface area contributed by atoms with Crippen molar-refractivity contribution in [1.29, 1.82) is 0 Å². The van der Waals surface area contributed by atoms with Gasteiger partial charge < -0.3 is 19.5 Å². The summed E-state index contributed by atoms with van der Waals surface area (Å²) in [5.41, 5.74) is 2.91. The smallest absolute Gasteiger partial charge is 0.336 e. The number of benzene rings is 1. The van der Waals surface area contributed by atoms with Gasteiger partial charge in [-0.05, 0) is 32.4 Å². The molecule has 170 valence electrons. The van der Waals surface area contributed by atoms with Crippen molar-refractivity contribution < 1.29 is 23.8 Å². The monoisotopic (exact) mass is 476 g/mol. The van der Waals surface area contributed by atoms with Gasteiger partial charge in [-0.1, -0.05) is 29.8 Å². The van der Waals surface area contributed by atoms with Gasteiger partial charge in [-0.3, -0.25) is 0 Å². The molecule has 3 rings (SSSR count). The molecule has 2 unspecified atom stereocenters. The van der Waals surface area contributed by atoms with Crippen molar-refractivity contribution in [3.05, 3.63) is 73.5 Å². The van der Waals surface area contributed by atoms with Gasteiger partial charge in [0.2, 0.25) is 0 Å². The van der Waals surface area contributed by atoms with Gasteiger partial charge in [0, 0.05) is 28.9 Å². The fraction of sp³-hybridized carbons (Fsp3) is 0.348. The average molecular weight is 477 g/mol. The number of hydrogen-bond donors (Lipinski definition) is 1. The van der Waals surface area contributed by atoms with E-state index in [2.05, 4.69) is 10.3 Å². The van der Waals surface area contributed by atoms with Crippen LogP contribution in [-0.4, -0.2) is 37.7 Å². The summed E-state index contributed by atoms with van der Waals surface area (Å²) in [6.07, 6.45) is -0.674. The van der Waals surface area contributed by atoms with Crippen molar-refractivity contribution >= 4 is 34.9 Å². The number of ether oxygens (including phenoxy) is 3. The zero-order valence-corrected chi connectivity index (χ0v) is 20.1.